The third kappa shape index (κ3) is 4.71. The molecule has 5 nitrogen and oxygen atoms in total. The number of hydrogen-bond acceptors (Lipinski definition) is 5. The van der Waals surface area contributed by atoms with E-state index < -0.39 is 0 Å². The highest BCUT2D eigenvalue weighted by Crippen LogP contribution is 2.01. The van der Waals surface area contributed by atoms with Crippen molar-refractivity contribution in [1.29, 1.82) is 0 Å². The lowest BCUT2D eigenvalue weighted by Gasteiger charge is -2.16. The van der Waals surface area contributed by atoms with Crippen LogP contribution >= 0.6 is 0 Å². The molecule has 0 aromatic carbocycles. The summed E-state index contributed by atoms with van der Waals surface area (Å²) in [6, 6.07) is 2.07. The number of ether oxygens (including phenoxy) is 3. The average molecular weight is 212 g/mol. The summed E-state index contributed by atoms with van der Waals surface area (Å²) < 4.78 is 15.9. The van der Waals surface area contributed by atoms with Gasteiger partial charge in [0.2, 0.25) is 0 Å². The smallest absolute Gasteiger partial charge is 0.316 e. The van der Waals surface area contributed by atoms with Crippen LogP contribution in [-0.2, 0) is 9.47 Å². The molecule has 0 N–H and O–H groups in total. The van der Waals surface area contributed by atoms with Gasteiger partial charge in [0.15, 0.2) is 6.29 Å². The Bertz CT molecular complexity index is 250. The van der Waals surface area contributed by atoms with Gasteiger partial charge in [0.25, 0.3) is 0 Å². The first-order chi connectivity index (χ1) is 7.36. The molecule has 1 heterocycles. The van der Waals surface area contributed by atoms with Crippen LogP contribution in [0, 0.1) is 0 Å². The second kappa shape index (κ2) is 7.14. The van der Waals surface area contributed by atoms with E-state index in [1.165, 1.54) is 0 Å². The lowest BCUT2D eigenvalue weighted by atomic mass is 10.6. The van der Waals surface area contributed by atoms with E-state index in [1.807, 2.05) is 13.8 Å². The number of rotatable bonds is 7. The highest BCUT2D eigenvalue weighted by molar-refractivity contribution is 4.93. The maximum absolute atomic E-state index is 5.30. The van der Waals surface area contributed by atoms with E-state index in [2.05, 4.69) is 9.97 Å². The molecular formula is C10H16N2O3. The largest absolute Gasteiger partial charge is 0.458 e. The molecule has 0 aliphatic rings. The second-order valence-corrected chi connectivity index (χ2v) is 2.68. The van der Waals surface area contributed by atoms with Gasteiger partial charge >= 0.3 is 6.01 Å². The van der Waals surface area contributed by atoms with E-state index in [0.717, 1.165) is 0 Å². The summed E-state index contributed by atoms with van der Waals surface area (Å²) in [6.07, 6.45) is 2.89. The van der Waals surface area contributed by atoms with Crippen LogP contribution in [0.15, 0.2) is 18.5 Å². The van der Waals surface area contributed by atoms with Gasteiger partial charge in [0.05, 0.1) is 0 Å². The first-order valence-electron chi connectivity index (χ1n) is 4.99. The van der Waals surface area contributed by atoms with Gasteiger partial charge in [-0.25, -0.2) is 9.97 Å². The fourth-order valence-corrected chi connectivity index (χ4v) is 1.02. The SMILES string of the molecule is CCOC(COc1ncccn1)OCC. The van der Waals surface area contributed by atoms with E-state index >= 15 is 0 Å². The van der Waals surface area contributed by atoms with E-state index in [-0.39, 0.29) is 6.29 Å². The summed E-state index contributed by atoms with van der Waals surface area (Å²) in [5.74, 6) is 0. The van der Waals surface area contributed by atoms with Gasteiger partial charge in [0.1, 0.15) is 6.61 Å². The minimum Gasteiger partial charge on any atom is -0.458 e. The third-order valence-corrected chi connectivity index (χ3v) is 1.60. The first kappa shape index (κ1) is 11.9. The standard InChI is InChI=1S/C10H16N2O3/c1-3-13-9(14-4-2)8-15-10-11-6-5-7-12-10/h5-7,9H,3-4,8H2,1-2H3. The van der Waals surface area contributed by atoms with Gasteiger partial charge in [0, 0.05) is 25.6 Å². The zero-order chi connectivity index (χ0) is 10.9. The van der Waals surface area contributed by atoms with Crippen LogP contribution in [-0.4, -0.2) is 36.1 Å². The van der Waals surface area contributed by atoms with Crippen LogP contribution in [0.5, 0.6) is 6.01 Å². The van der Waals surface area contributed by atoms with Crippen LogP contribution in [0.1, 0.15) is 13.8 Å². The van der Waals surface area contributed by atoms with Crippen molar-refractivity contribution < 1.29 is 14.2 Å². The third-order valence-electron chi connectivity index (χ3n) is 1.60. The number of aromatic nitrogens is 2. The van der Waals surface area contributed by atoms with E-state index in [4.69, 9.17) is 14.2 Å². The van der Waals surface area contributed by atoms with Crippen molar-refractivity contribution in [3.63, 3.8) is 0 Å². The Morgan fingerprint density at radius 1 is 1.13 bits per heavy atom. The Morgan fingerprint density at radius 2 is 1.73 bits per heavy atom. The monoisotopic (exact) mass is 212 g/mol. The normalized spacial score (nSPS) is 10.6. The quantitative estimate of drug-likeness (QED) is 0.637. The van der Waals surface area contributed by atoms with Gasteiger partial charge in [-0.05, 0) is 19.9 Å². The van der Waals surface area contributed by atoms with Crippen LogP contribution in [0.2, 0.25) is 0 Å². The minimum atomic E-state index is -0.358. The molecule has 0 unspecified atom stereocenters. The van der Waals surface area contributed by atoms with Crippen molar-refractivity contribution in [1.82, 2.24) is 9.97 Å². The van der Waals surface area contributed by atoms with Crippen LogP contribution in [0.4, 0.5) is 0 Å². The Kier molecular flexibility index (Phi) is 5.65. The molecule has 1 aromatic heterocycles. The molecule has 0 radical (unpaired) electrons. The molecule has 0 aliphatic heterocycles. The maximum Gasteiger partial charge on any atom is 0.316 e. The number of hydrogen-bond donors (Lipinski definition) is 0. The molecule has 0 fully saturated rings. The van der Waals surface area contributed by atoms with Crippen molar-refractivity contribution in [2.75, 3.05) is 19.8 Å². The zero-order valence-electron chi connectivity index (χ0n) is 9.05. The minimum absolute atomic E-state index is 0.297. The lowest BCUT2D eigenvalue weighted by molar-refractivity contribution is -0.153. The fraction of sp³-hybridized carbons (Fsp3) is 0.600. The highest BCUT2D eigenvalue weighted by atomic mass is 16.7. The molecule has 0 spiro atoms. The summed E-state index contributed by atoms with van der Waals surface area (Å²) in [5.41, 5.74) is 0. The molecule has 0 atom stereocenters. The molecule has 0 saturated carbocycles. The van der Waals surface area contributed by atoms with Crippen LogP contribution < -0.4 is 4.74 Å². The van der Waals surface area contributed by atoms with Crippen molar-refractivity contribution in [3.05, 3.63) is 18.5 Å². The predicted molar refractivity (Wildman–Crippen MR) is 54.6 cm³/mol. The van der Waals surface area contributed by atoms with Gasteiger partial charge < -0.3 is 14.2 Å². The van der Waals surface area contributed by atoms with E-state index in [0.29, 0.717) is 25.8 Å². The first-order valence-corrected chi connectivity index (χ1v) is 4.99. The molecular weight excluding hydrogens is 196 g/mol. The molecule has 0 bridgehead atoms. The predicted octanol–water partition coefficient (Wildman–Crippen LogP) is 1.25. The van der Waals surface area contributed by atoms with Crippen molar-refractivity contribution in [2.45, 2.75) is 20.1 Å². The molecule has 84 valence electrons. The maximum atomic E-state index is 5.30. The molecule has 15 heavy (non-hydrogen) atoms. The summed E-state index contributed by atoms with van der Waals surface area (Å²) in [5, 5.41) is 0. The van der Waals surface area contributed by atoms with Gasteiger partial charge in [-0.15, -0.1) is 0 Å². The van der Waals surface area contributed by atoms with Crippen molar-refractivity contribution in [2.24, 2.45) is 0 Å². The Morgan fingerprint density at radius 3 is 2.27 bits per heavy atom. The van der Waals surface area contributed by atoms with E-state index in [9.17, 15) is 0 Å². The fourth-order valence-electron chi connectivity index (χ4n) is 1.02. The molecule has 0 amide bonds. The van der Waals surface area contributed by atoms with Crippen molar-refractivity contribution in [3.8, 4) is 6.01 Å². The molecule has 1 aromatic rings. The Hall–Kier alpha value is -1.20. The zero-order valence-corrected chi connectivity index (χ0v) is 9.05. The molecule has 1 rings (SSSR count). The van der Waals surface area contributed by atoms with Crippen LogP contribution in [0.25, 0.3) is 0 Å². The second-order valence-electron chi connectivity index (χ2n) is 2.68. The topological polar surface area (TPSA) is 53.5 Å². The van der Waals surface area contributed by atoms with Gasteiger partial charge in [-0.2, -0.15) is 0 Å². The summed E-state index contributed by atoms with van der Waals surface area (Å²) in [6.45, 7) is 5.29. The Labute approximate surface area is 89.4 Å². The summed E-state index contributed by atoms with van der Waals surface area (Å²) in [4.78, 5) is 7.85. The summed E-state index contributed by atoms with van der Waals surface area (Å²) >= 11 is 0. The van der Waals surface area contributed by atoms with Crippen LogP contribution in [0.3, 0.4) is 0 Å². The average Bonchev–Trinajstić information content (AvgIpc) is 2.28. The van der Waals surface area contributed by atoms with E-state index in [1.54, 1.807) is 18.5 Å². The molecule has 0 aliphatic carbocycles. The lowest BCUT2D eigenvalue weighted by Crippen LogP contribution is -2.25. The number of nitrogens with zero attached hydrogens (tertiary/aromatic N) is 2. The Balaban J connectivity index is 2.33. The molecule has 0 saturated heterocycles. The van der Waals surface area contributed by atoms with Gasteiger partial charge in [-0.3, -0.25) is 0 Å². The van der Waals surface area contributed by atoms with Crippen molar-refractivity contribution >= 4 is 0 Å². The summed E-state index contributed by atoms with van der Waals surface area (Å²) in [7, 11) is 0. The molecule has 5 heteroatoms. The van der Waals surface area contributed by atoms with Gasteiger partial charge in [-0.1, -0.05) is 0 Å². The highest BCUT2D eigenvalue weighted by Gasteiger charge is 2.09.